The van der Waals surface area contributed by atoms with Gasteiger partial charge < -0.3 is 10.6 Å². The van der Waals surface area contributed by atoms with Gasteiger partial charge in [0.2, 0.25) is 0 Å². The predicted octanol–water partition coefficient (Wildman–Crippen LogP) is 1.48. The van der Waals surface area contributed by atoms with Crippen LogP contribution < -0.4 is 10.6 Å². The van der Waals surface area contributed by atoms with Crippen molar-refractivity contribution in [1.29, 1.82) is 0 Å². The van der Waals surface area contributed by atoms with Crippen molar-refractivity contribution in [2.45, 2.75) is 0 Å². The lowest BCUT2D eigenvalue weighted by Gasteiger charge is -2.16. The number of hydrogen-bond acceptors (Lipinski definition) is 3. The van der Waals surface area contributed by atoms with E-state index in [1.165, 1.54) is 0 Å². The summed E-state index contributed by atoms with van der Waals surface area (Å²) < 4.78 is 0. The molecule has 0 spiro atoms. The van der Waals surface area contributed by atoms with Crippen LogP contribution in [0.15, 0.2) is 36.2 Å². The van der Waals surface area contributed by atoms with Crippen LogP contribution in [0.25, 0.3) is 0 Å². The molecule has 1 radical (unpaired) electrons. The fourth-order valence-corrected chi connectivity index (χ4v) is 1.10. The number of hydrogen-bond donors (Lipinski definition) is 2. The van der Waals surface area contributed by atoms with E-state index >= 15 is 0 Å². The molecule has 0 amide bonds. The Morgan fingerprint density at radius 1 is 1.17 bits per heavy atom. The van der Waals surface area contributed by atoms with Crippen LogP contribution >= 0.6 is 0 Å². The minimum Gasteiger partial charge on any atom is -0.358 e. The number of para-hydroxylation sites is 2. The third-order valence-electron chi connectivity index (χ3n) is 1.68. The van der Waals surface area contributed by atoms with Gasteiger partial charge in [-0.1, -0.05) is 12.1 Å². The summed E-state index contributed by atoms with van der Waals surface area (Å²) in [5.41, 5.74) is 2.29. The van der Waals surface area contributed by atoms with Crippen molar-refractivity contribution in [3.05, 3.63) is 36.2 Å². The average molecular weight is 159 g/mol. The van der Waals surface area contributed by atoms with Crippen molar-refractivity contribution >= 4 is 17.7 Å². The van der Waals surface area contributed by atoms with Crippen LogP contribution in [0.1, 0.15) is 0 Å². The van der Waals surface area contributed by atoms with Gasteiger partial charge in [0.05, 0.1) is 11.4 Å². The maximum Gasteiger partial charge on any atom is 0.252 e. The monoisotopic (exact) mass is 159 g/mol. The summed E-state index contributed by atoms with van der Waals surface area (Å²) in [4.78, 5) is 10.3. The third kappa shape index (κ3) is 1.05. The molecule has 2 rings (SSSR count). The molecular weight excluding hydrogens is 152 g/mol. The van der Waals surface area contributed by atoms with Crippen LogP contribution in [0.3, 0.4) is 0 Å². The first-order valence-corrected chi connectivity index (χ1v) is 3.61. The van der Waals surface area contributed by atoms with Gasteiger partial charge in [-0.15, -0.1) is 0 Å². The number of nitrogens with one attached hydrogen (secondary N) is 2. The molecule has 1 aromatic rings. The van der Waals surface area contributed by atoms with Gasteiger partial charge in [0.1, 0.15) is 5.70 Å². The molecule has 1 aromatic carbocycles. The molecule has 0 saturated heterocycles. The van der Waals surface area contributed by atoms with Gasteiger partial charge >= 0.3 is 0 Å². The van der Waals surface area contributed by atoms with Crippen molar-refractivity contribution in [1.82, 2.24) is 0 Å². The second-order valence-corrected chi connectivity index (χ2v) is 2.47. The van der Waals surface area contributed by atoms with Crippen molar-refractivity contribution < 1.29 is 4.79 Å². The summed E-state index contributed by atoms with van der Waals surface area (Å²) >= 11 is 0. The molecule has 0 aromatic heterocycles. The largest absolute Gasteiger partial charge is 0.358 e. The van der Waals surface area contributed by atoms with E-state index in [0.29, 0.717) is 5.70 Å². The first-order chi connectivity index (χ1) is 5.90. The van der Waals surface area contributed by atoms with Gasteiger partial charge in [-0.05, 0) is 12.1 Å². The van der Waals surface area contributed by atoms with Gasteiger partial charge in [0.25, 0.3) is 6.29 Å². The maximum absolute atomic E-state index is 10.3. The van der Waals surface area contributed by atoms with E-state index in [4.69, 9.17) is 0 Å². The number of anilines is 2. The lowest BCUT2D eigenvalue weighted by Crippen LogP contribution is -2.10. The van der Waals surface area contributed by atoms with Crippen molar-refractivity contribution in [2.75, 3.05) is 10.6 Å². The molecule has 0 fully saturated rings. The lowest BCUT2D eigenvalue weighted by atomic mass is 10.2. The van der Waals surface area contributed by atoms with Gasteiger partial charge in [-0.3, -0.25) is 4.79 Å². The molecule has 1 aliphatic heterocycles. The zero-order valence-corrected chi connectivity index (χ0v) is 6.29. The average Bonchev–Trinajstić information content (AvgIpc) is 2.17. The Bertz CT molecular complexity index is 344. The van der Waals surface area contributed by atoms with E-state index in [1.807, 2.05) is 24.3 Å². The molecule has 0 atom stereocenters. The van der Waals surface area contributed by atoms with Gasteiger partial charge in [0, 0.05) is 6.20 Å². The predicted molar refractivity (Wildman–Crippen MR) is 47.5 cm³/mol. The van der Waals surface area contributed by atoms with E-state index in [2.05, 4.69) is 10.6 Å². The Balaban J connectivity index is 2.36. The zero-order valence-electron chi connectivity index (χ0n) is 6.29. The molecule has 0 unspecified atom stereocenters. The molecule has 2 N–H and O–H groups in total. The number of carbonyl (C=O) groups excluding carboxylic acids is 1. The van der Waals surface area contributed by atoms with Gasteiger partial charge in [0.15, 0.2) is 0 Å². The van der Waals surface area contributed by atoms with Gasteiger partial charge in [-0.2, -0.15) is 0 Å². The maximum atomic E-state index is 10.3. The van der Waals surface area contributed by atoms with Crippen LogP contribution in [0.5, 0.6) is 0 Å². The molecule has 59 valence electrons. The fraction of sp³-hybridized carbons (Fsp3) is 0. The topological polar surface area (TPSA) is 41.1 Å². The Hall–Kier alpha value is -1.77. The second-order valence-electron chi connectivity index (χ2n) is 2.47. The highest BCUT2D eigenvalue weighted by Crippen LogP contribution is 2.25. The number of benzene rings is 1. The molecule has 0 aliphatic carbocycles. The molecular formula is C9H7N2O. The minimum atomic E-state index is 0.425. The Labute approximate surface area is 70.1 Å². The highest BCUT2D eigenvalue weighted by Gasteiger charge is 2.07. The van der Waals surface area contributed by atoms with E-state index in [-0.39, 0.29) is 0 Å². The quantitative estimate of drug-likeness (QED) is 0.652. The summed E-state index contributed by atoms with van der Waals surface area (Å²) in [5.74, 6) is 0. The third-order valence-corrected chi connectivity index (χ3v) is 1.68. The molecule has 1 aliphatic rings. The van der Waals surface area contributed by atoms with Crippen LogP contribution in [-0.2, 0) is 4.79 Å². The summed E-state index contributed by atoms with van der Waals surface area (Å²) in [6, 6.07) is 7.66. The van der Waals surface area contributed by atoms with Crippen LogP contribution in [0.2, 0.25) is 0 Å². The Kier molecular flexibility index (Phi) is 1.55. The van der Waals surface area contributed by atoms with Gasteiger partial charge in [-0.25, -0.2) is 0 Å². The Morgan fingerprint density at radius 2 is 1.92 bits per heavy atom. The van der Waals surface area contributed by atoms with E-state index in [0.717, 1.165) is 11.4 Å². The van der Waals surface area contributed by atoms with Crippen molar-refractivity contribution in [2.24, 2.45) is 0 Å². The Morgan fingerprint density at radius 3 is 2.67 bits per heavy atom. The smallest absolute Gasteiger partial charge is 0.252 e. The van der Waals surface area contributed by atoms with Crippen LogP contribution in [0.4, 0.5) is 11.4 Å². The van der Waals surface area contributed by atoms with Crippen molar-refractivity contribution in [3.8, 4) is 0 Å². The zero-order chi connectivity index (χ0) is 8.39. The minimum absolute atomic E-state index is 0.425. The van der Waals surface area contributed by atoms with Crippen LogP contribution in [-0.4, -0.2) is 6.29 Å². The van der Waals surface area contributed by atoms with Crippen molar-refractivity contribution in [3.63, 3.8) is 0 Å². The number of rotatable bonds is 1. The molecule has 3 nitrogen and oxygen atoms in total. The summed E-state index contributed by atoms with van der Waals surface area (Å²) in [6.45, 7) is 0. The highest BCUT2D eigenvalue weighted by molar-refractivity contribution is 5.86. The second kappa shape index (κ2) is 2.70. The summed E-state index contributed by atoms with van der Waals surface area (Å²) in [6.07, 6.45) is 3.37. The summed E-state index contributed by atoms with van der Waals surface area (Å²) in [5, 5.41) is 5.90. The SMILES string of the molecule is O=[C]C1=CNc2ccccc2N1. The summed E-state index contributed by atoms with van der Waals surface area (Å²) in [7, 11) is 0. The number of fused-ring (bicyclic) bond motifs is 1. The van der Waals surface area contributed by atoms with E-state index < -0.39 is 0 Å². The first kappa shape index (κ1) is 6.91. The first-order valence-electron chi connectivity index (χ1n) is 3.61. The normalized spacial score (nSPS) is 13.5. The number of allylic oxidation sites excluding steroid dienone is 1. The van der Waals surface area contributed by atoms with E-state index in [9.17, 15) is 4.79 Å². The fourth-order valence-electron chi connectivity index (χ4n) is 1.10. The highest BCUT2D eigenvalue weighted by atomic mass is 16.1. The van der Waals surface area contributed by atoms with Crippen LogP contribution in [0, 0.1) is 0 Å². The lowest BCUT2D eigenvalue weighted by molar-refractivity contribution is 0.562. The van der Waals surface area contributed by atoms with E-state index in [1.54, 1.807) is 12.5 Å². The molecule has 12 heavy (non-hydrogen) atoms. The molecule has 0 bridgehead atoms. The molecule has 1 heterocycles. The molecule has 0 saturated carbocycles. The standard InChI is InChI=1S/C9H7N2O/c12-6-7-5-10-8-3-1-2-4-9(8)11-7/h1-5,10-11H. The molecule has 3 heteroatoms.